The molecule has 4 nitrogen and oxygen atoms in total. The summed E-state index contributed by atoms with van der Waals surface area (Å²) >= 11 is 0. The zero-order valence-electron chi connectivity index (χ0n) is 11.2. The van der Waals surface area contributed by atoms with Gasteiger partial charge in [-0.2, -0.15) is 0 Å². The topological polar surface area (TPSA) is 58.2 Å². The van der Waals surface area contributed by atoms with Crippen LogP contribution in [0.4, 0.5) is 0 Å². The maximum atomic E-state index is 10.7. The molecule has 0 fully saturated rings. The number of hydrogen-bond donors (Lipinski definition) is 2. The third kappa shape index (κ3) is 5.17. The smallest absolute Gasteiger partial charge is 0.175 e. The Morgan fingerprint density at radius 2 is 1.28 bits per heavy atom. The molecular weight excluding hydrogens is 228 g/mol. The lowest BCUT2D eigenvalue weighted by atomic mass is 10.1. The number of carbonyl (C=O) groups is 2. The van der Waals surface area contributed by atoms with E-state index in [0.29, 0.717) is 0 Å². The zero-order chi connectivity index (χ0) is 13.4. The molecule has 2 N–H and O–H groups in total. The lowest BCUT2D eigenvalue weighted by molar-refractivity contribution is -0.114. The number of Topliss-reactive ketones (excluding diaryl/α,β-unsaturated/α-hetero) is 2. The van der Waals surface area contributed by atoms with Gasteiger partial charge in [0.15, 0.2) is 11.6 Å². The molecule has 0 amide bonds. The summed E-state index contributed by atoms with van der Waals surface area (Å²) < 4.78 is 0. The lowest BCUT2D eigenvalue weighted by Gasteiger charge is -2.11. The summed E-state index contributed by atoms with van der Waals surface area (Å²) in [7, 11) is 0. The van der Waals surface area contributed by atoms with Gasteiger partial charge < -0.3 is 10.6 Å². The van der Waals surface area contributed by atoms with E-state index in [1.807, 2.05) is 12.2 Å². The third-order valence-electron chi connectivity index (χ3n) is 2.85. The van der Waals surface area contributed by atoms with Crippen molar-refractivity contribution in [1.29, 1.82) is 0 Å². The van der Waals surface area contributed by atoms with Gasteiger partial charge in [-0.3, -0.25) is 9.59 Å². The molecule has 0 aliphatic carbocycles. The van der Waals surface area contributed by atoms with Crippen LogP contribution < -0.4 is 10.6 Å². The van der Waals surface area contributed by atoms with Crippen LogP contribution in [0, 0.1) is 0 Å². The minimum absolute atomic E-state index is 0.148. The van der Waals surface area contributed by atoms with Gasteiger partial charge in [-0.05, 0) is 25.7 Å². The van der Waals surface area contributed by atoms with Crippen LogP contribution in [-0.2, 0) is 9.59 Å². The number of ketones is 2. The van der Waals surface area contributed by atoms with E-state index in [4.69, 9.17) is 0 Å². The van der Waals surface area contributed by atoms with Crippen LogP contribution in [0.25, 0.3) is 0 Å². The highest BCUT2D eigenvalue weighted by atomic mass is 16.1. The van der Waals surface area contributed by atoms with Gasteiger partial charge in [0.05, 0.1) is 11.4 Å². The molecule has 0 saturated heterocycles. The summed E-state index contributed by atoms with van der Waals surface area (Å²) in [5.41, 5.74) is 1.59. The molecule has 2 heterocycles. The van der Waals surface area contributed by atoms with Gasteiger partial charge in [-0.15, -0.1) is 0 Å². The zero-order valence-corrected chi connectivity index (χ0v) is 11.2. The lowest BCUT2D eigenvalue weighted by Crippen LogP contribution is -2.22. The molecule has 0 aromatic heterocycles. The Bertz CT molecular complexity index is 334. The van der Waals surface area contributed by atoms with E-state index in [0.717, 1.165) is 50.2 Å². The first-order valence-electron chi connectivity index (χ1n) is 6.51. The molecule has 0 aromatic carbocycles. The fraction of sp³-hybridized carbons (Fsp3) is 0.571. The highest BCUT2D eigenvalue weighted by Gasteiger charge is 2.05. The van der Waals surface area contributed by atoms with Crippen molar-refractivity contribution in [2.24, 2.45) is 0 Å². The number of nitrogens with one attached hydrogen (secondary N) is 2. The highest BCUT2D eigenvalue weighted by Crippen LogP contribution is 2.03. The second-order valence-electron chi connectivity index (χ2n) is 4.49. The van der Waals surface area contributed by atoms with Crippen molar-refractivity contribution in [3.05, 3.63) is 23.5 Å². The molecule has 100 valence electrons. The minimum atomic E-state index is 0.148. The number of rotatable bonds is 2. The normalized spacial score (nSPS) is 18.1. The van der Waals surface area contributed by atoms with E-state index in [1.54, 1.807) is 13.8 Å². The van der Waals surface area contributed by atoms with Crippen LogP contribution in [0.15, 0.2) is 23.5 Å². The maximum Gasteiger partial charge on any atom is 0.175 e. The number of hydrogen-bond acceptors (Lipinski definition) is 4. The van der Waals surface area contributed by atoms with Crippen LogP contribution in [0.3, 0.4) is 0 Å². The van der Waals surface area contributed by atoms with E-state index < -0.39 is 0 Å². The first-order valence-corrected chi connectivity index (χ1v) is 6.51. The second kappa shape index (κ2) is 7.69. The van der Waals surface area contributed by atoms with Crippen molar-refractivity contribution in [3.8, 4) is 0 Å². The monoisotopic (exact) mass is 250 g/mol. The van der Waals surface area contributed by atoms with Crippen LogP contribution in [0.5, 0.6) is 0 Å². The molecule has 0 unspecified atom stereocenters. The number of carbonyl (C=O) groups excluding carboxylic acids is 2. The molecule has 0 aromatic rings. The second-order valence-corrected chi connectivity index (χ2v) is 4.49. The van der Waals surface area contributed by atoms with Gasteiger partial charge >= 0.3 is 0 Å². The first kappa shape index (κ1) is 14.5. The molecule has 0 atom stereocenters. The fourth-order valence-electron chi connectivity index (χ4n) is 1.82. The maximum absolute atomic E-state index is 10.7. The summed E-state index contributed by atoms with van der Waals surface area (Å²) in [6.45, 7) is 5.07. The molecule has 2 aliphatic rings. The molecule has 4 heteroatoms. The Morgan fingerprint density at radius 1 is 0.889 bits per heavy atom. The molecular formula is C14H22N2O2. The van der Waals surface area contributed by atoms with E-state index in [1.165, 1.54) is 0 Å². The summed E-state index contributed by atoms with van der Waals surface area (Å²) in [6, 6.07) is 0. The van der Waals surface area contributed by atoms with Crippen LogP contribution in [0.1, 0.15) is 39.5 Å². The number of allylic oxidation sites excluding steroid dienone is 4. The molecule has 0 spiro atoms. The summed E-state index contributed by atoms with van der Waals surface area (Å²) in [4.78, 5) is 21.3. The van der Waals surface area contributed by atoms with Crippen molar-refractivity contribution in [2.75, 3.05) is 13.1 Å². The SMILES string of the molecule is CC(=O)C1=CCCCN1.CC(=O)C1=CCCCN1. The van der Waals surface area contributed by atoms with Gasteiger partial charge in [0.25, 0.3) is 0 Å². The standard InChI is InChI=1S/2C7H11NO/c2*1-6(9)7-4-2-3-5-8-7/h2*4,8H,2-3,5H2,1H3. The third-order valence-corrected chi connectivity index (χ3v) is 2.85. The van der Waals surface area contributed by atoms with Crippen LogP contribution >= 0.6 is 0 Å². The predicted octanol–water partition coefficient (Wildman–Crippen LogP) is 1.69. The molecule has 2 aliphatic heterocycles. The Labute approximate surface area is 109 Å². The van der Waals surface area contributed by atoms with E-state index >= 15 is 0 Å². The Morgan fingerprint density at radius 3 is 1.44 bits per heavy atom. The van der Waals surface area contributed by atoms with Gasteiger partial charge in [-0.1, -0.05) is 12.2 Å². The molecule has 2 rings (SSSR count). The largest absolute Gasteiger partial charge is 0.382 e. The Kier molecular flexibility index (Phi) is 6.19. The molecule has 0 saturated carbocycles. The fourth-order valence-corrected chi connectivity index (χ4v) is 1.82. The Balaban J connectivity index is 0.000000180. The van der Waals surface area contributed by atoms with Gasteiger partial charge in [0.1, 0.15) is 0 Å². The van der Waals surface area contributed by atoms with Gasteiger partial charge in [-0.25, -0.2) is 0 Å². The van der Waals surface area contributed by atoms with E-state index in [9.17, 15) is 9.59 Å². The van der Waals surface area contributed by atoms with Crippen molar-refractivity contribution in [1.82, 2.24) is 10.6 Å². The molecule has 0 radical (unpaired) electrons. The van der Waals surface area contributed by atoms with Crippen LogP contribution in [0.2, 0.25) is 0 Å². The van der Waals surface area contributed by atoms with Crippen LogP contribution in [-0.4, -0.2) is 24.7 Å². The highest BCUT2D eigenvalue weighted by molar-refractivity contribution is 5.93. The van der Waals surface area contributed by atoms with Crippen molar-refractivity contribution >= 4 is 11.6 Å². The van der Waals surface area contributed by atoms with Crippen molar-refractivity contribution in [2.45, 2.75) is 39.5 Å². The predicted molar refractivity (Wildman–Crippen MR) is 72.0 cm³/mol. The molecule has 0 bridgehead atoms. The summed E-state index contributed by atoms with van der Waals surface area (Å²) in [5.74, 6) is 0.296. The minimum Gasteiger partial charge on any atom is -0.382 e. The summed E-state index contributed by atoms with van der Waals surface area (Å²) in [5, 5.41) is 6.06. The summed E-state index contributed by atoms with van der Waals surface area (Å²) in [6.07, 6.45) is 8.31. The van der Waals surface area contributed by atoms with Crippen molar-refractivity contribution < 1.29 is 9.59 Å². The van der Waals surface area contributed by atoms with Gasteiger partial charge in [0.2, 0.25) is 0 Å². The van der Waals surface area contributed by atoms with E-state index in [2.05, 4.69) is 10.6 Å². The average Bonchev–Trinajstić information content (AvgIpc) is 2.41. The first-order chi connectivity index (χ1) is 8.61. The van der Waals surface area contributed by atoms with Gasteiger partial charge in [0, 0.05) is 26.9 Å². The Hall–Kier alpha value is -1.58. The van der Waals surface area contributed by atoms with E-state index in [-0.39, 0.29) is 11.6 Å². The quantitative estimate of drug-likeness (QED) is 0.783. The average molecular weight is 250 g/mol. The van der Waals surface area contributed by atoms with Crippen molar-refractivity contribution in [3.63, 3.8) is 0 Å². The molecule has 18 heavy (non-hydrogen) atoms.